The van der Waals surface area contributed by atoms with Crippen molar-refractivity contribution < 1.29 is 17.9 Å². The van der Waals surface area contributed by atoms with Crippen LogP contribution in [0.5, 0.6) is 5.75 Å². The van der Waals surface area contributed by atoms with Gasteiger partial charge in [0, 0.05) is 11.5 Å². The van der Waals surface area contributed by atoms with E-state index >= 15 is 0 Å². The first-order valence-corrected chi connectivity index (χ1v) is 10.3. The second-order valence-corrected chi connectivity index (χ2v) is 8.63. The number of carbonyl (C=O) groups is 1. The van der Waals surface area contributed by atoms with Gasteiger partial charge in [-0.2, -0.15) is 14.6 Å². The van der Waals surface area contributed by atoms with Gasteiger partial charge in [-0.1, -0.05) is 26.0 Å². The number of aromatic nitrogens is 2. The van der Waals surface area contributed by atoms with E-state index in [0.717, 1.165) is 11.5 Å². The van der Waals surface area contributed by atoms with Crippen molar-refractivity contribution in [3.8, 4) is 11.8 Å². The van der Waals surface area contributed by atoms with Gasteiger partial charge >= 0.3 is 0 Å². The minimum absolute atomic E-state index is 0.0122. The van der Waals surface area contributed by atoms with E-state index in [1.54, 1.807) is 38.1 Å². The summed E-state index contributed by atoms with van der Waals surface area (Å²) in [7, 11) is -2.07. The van der Waals surface area contributed by atoms with Crippen molar-refractivity contribution in [3.05, 3.63) is 35.4 Å². The molecule has 0 aliphatic carbocycles. The maximum atomic E-state index is 12.3. The SMILES string of the molecule is COc1ccc(/C=C(/C#N)C(=O)Nc2nc(S(=O)(=O)CC(C)C)ns2)cc1. The summed E-state index contributed by atoms with van der Waals surface area (Å²) >= 11 is 0.746. The van der Waals surface area contributed by atoms with Crippen LogP contribution in [0.1, 0.15) is 19.4 Å². The lowest BCUT2D eigenvalue weighted by Gasteiger charge is -2.03. The predicted octanol–water partition coefficient (Wildman–Crippen LogP) is 2.52. The number of methoxy groups -OCH3 is 1. The molecule has 0 bridgehead atoms. The van der Waals surface area contributed by atoms with Gasteiger partial charge in [0.2, 0.25) is 15.0 Å². The van der Waals surface area contributed by atoms with Gasteiger partial charge < -0.3 is 4.74 Å². The first-order chi connectivity index (χ1) is 12.7. The van der Waals surface area contributed by atoms with E-state index in [-0.39, 0.29) is 27.5 Å². The zero-order chi connectivity index (χ0) is 20.0. The molecule has 0 aliphatic rings. The third-order valence-corrected chi connectivity index (χ3v) is 5.84. The van der Waals surface area contributed by atoms with Crippen molar-refractivity contribution in [3.63, 3.8) is 0 Å². The first kappa shape index (κ1) is 20.5. The van der Waals surface area contributed by atoms with Gasteiger partial charge in [0.05, 0.1) is 12.9 Å². The molecule has 2 rings (SSSR count). The van der Waals surface area contributed by atoms with E-state index in [9.17, 15) is 18.5 Å². The monoisotopic (exact) mass is 406 g/mol. The molecule has 0 aliphatic heterocycles. The first-order valence-electron chi connectivity index (χ1n) is 7.89. The summed E-state index contributed by atoms with van der Waals surface area (Å²) in [5, 5.41) is 11.3. The maximum absolute atomic E-state index is 12.3. The minimum atomic E-state index is -3.61. The predicted molar refractivity (Wildman–Crippen MR) is 102 cm³/mol. The van der Waals surface area contributed by atoms with Crippen molar-refractivity contribution >= 4 is 38.5 Å². The zero-order valence-corrected chi connectivity index (χ0v) is 16.6. The number of benzene rings is 1. The van der Waals surface area contributed by atoms with E-state index in [1.807, 2.05) is 6.07 Å². The van der Waals surface area contributed by atoms with Gasteiger partial charge in [-0.25, -0.2) is 8.42 Å². The van der Waals surface area contributed by atoms with Crippen molar-refractivity contribution in [2.75, 3.05) is 18.2 Å². The molecule has 142 valence electrons. The number of nitriles is 1. The van der Waals surface area contributed by atoms with Crippen LogP contribution < -0.4 is 10.1 Å². The van der Waals surface area contributed by atoms with Crippen LogP contribution in [-0.4, -0.2) is 36.5 Å². The molecule has 0 atom stereocenters. The molecular weight excluding hydrogens is 388 g/mol. The van der Waals surface area contributed by atoms with Crippen molar-refractivity contribution in [1.29, 1.82) is 5.26 Å². The number of ether oxygens (including phenoxy) is 1. The molecule has 2 aromatic rings. The largest absolute Gasteiger partial charge is 0.497 e. The fraction of sp³-hybridized carbons (Fsp3) is 0.294. The lowest BCUT2D eigenvalue weighted by Crippen LogP contribution is -2.15. The fourth-order valence-corrected chi connectivity index (χ4v) is 4.43. The fourth-order valence-electron chi connectivity index (χ4n) is 2.08. The Labute approximate surface area is 161 Å². The van der Waals surface area contributed by atoms with E-state index in [2.05, 4.69) is 14.7 Å². The average molecular weight is 406 g/mol. The number of hydrogen-bond donors (Lipinski definition) is 1. The lowest BCUT2D eigenvalue weighted by atomic mass is 10.1. The lowest BCUT2D eigenvalue weighted by molar-refractivity contribution is -0.112. The molecule has 1 heterocycles. The molecular formula is C17H18N4O4S2. The zero-order valence-electron chi connectivity index (χ0n) is 15.0. The van der Waals surface area contributed by atoms with Gasteiger partial charge in [0.1, 0.15) is 17.4 Å². The van der Waals surface area contributed by atoms with Crippen molar-refractivity contribution in [2.24, 2.45) is 5.92 Å². The van der Waals surface area contributed by atoms with Crippen LogP contribution in [0.25, 0.3) is 6.08 Å². The second-order valence-electron chi connectivity index (χ2n) is 5.95. The van der Waals surface area contributed by atoms with E-state index in [0.29, 0.717) is 11.3 Å². The highest BCUT2D eigenvalue weighted by Crippen LogP contribution is 2.19. The number of amides is 1. The summed E-state index contributed by atoms with van der Waals surface area (Å²) in [5.74, 6) is -0.205. The highest BCUT2D eigenvalue weighted by atomic mass is 32.2. The number of rotatable bonds is 7. The molecule has 27 heavy (non-hydrogen) atoms. The van der Waals surface area contributed by atoms with Crippen LogP contribution in [0.15, 0.2) is 35.0 Å². The molecule has 0 unspecified atom stereocenters. The molecule has 1 N–H and O–H groups in total. The van der Waals surface area contributed by atoms with Crippen LogP contribution in [0, 0.1) is 17.2 Å². The van der Waals surface area contributed by atoms with Crippen LogP contribution in [0.3, 0.4) is 0 Å². The van der Waals surface area contributed by atoms with E-state index in [1.165, 1.54) is 13.2 Å². The van der Waals surface area contributed by atoms with Gasteiger partial charge in [-0.05, 0) is 29.7 Å². The average Bonchev–Trinajstić information content (AvgIpc) is 3.08. The minimum Gasteiger partial charge on any atom is -0.497 e. The van der Waals surface area contributed by atoms with E-state index < -0.39 is 15.7 Å². The number of sulfone groups is 1. The number of nitrogens with one attached hydrogen (secondary N) is 1. The Morgan fingerprint density at radius 3 is 2.59 bits per heavy atom. The Kier molecular flexibility index (Phi) is 6.65. The summed E-state index contributed by atoms with van der Waals surface area (Å²) in [4.78, 5) is 16.1. The number of anilines is 1. The van der Waals surface area contributed by atoms with Gasteiger partial charge in [0.15, 0.2) is 0 Å². The summed E-state index contributed by atoms with van der Waals surface area (Å²) in [6.45, 7) is 3.55. The molecule has 0 spiro atoms. The van der Waals surface area contributed by atoms with Crippen LogP contribution in [0.2, 0.25) is 0 Å². The number of carbonyl (C=O) groups excluding carboxylic acids is 1. The smallest absolute Gasteiger partial charge is 0.268 e. The van der Waals surface area contributed by atoms with Crippen LogP contribution in [-0.2, 0) is 14.6 Å². The molecule has 1 aromatic heterocycles. The third kappa shape index (κ3) is 5.60. The molecule has 10 heteroatoms. The normalized spacial score (nSPS) is 11.9. The summed E-state index contributed by atoms with van der Waals surface area (Å²) in [5.41, 5.74) is 0.488. The van der Waals surface area contributed by atoms with Crippen molar-refractivity contribution in [1.82, 2.24) is 9.36 Å². The third-order valence-electron chi connectivity index (χ3n) is 3.25. The Hall–Kier alpha value is -2.77. The summed E-state index contributed by atoms with van der Waals surface area (Å²) in [6, 6.07) is 8.62. The van der Waals surface area contributed by atoms with Gasteiger partial charge in [0.25, 0.3) is 11.1 Å². The summed E-state index contributed by atoms with van der Waals surface area (Å²) in [6.07, 6.45) is 1.41. The summed E-state index contributed by atoms with van der Waals surface area (Å²) < 4.78 is 33.1. The Morgan fingerprint density at radius 2 is 2.04 bits per heavy atom. The van der Waals surface area contributed by atoms with Gasteiger partial charge in [-0.15, -0.1) is 0 Å². The molecule has 0 fully saturated rings. The standard InChI is InChI=1S/C17H18N4O4S2/c1-11(2)10-27(23,24)17-20-16(26-21-17)19-15(22)13(9-18)8-12-4-6-14(25-3)7-5-12/h4-8,11H,10H2,1-3H3,(H,19,20,21,22)/b13-8-. The topological polar surface area (TPSA) is 122 Å². The van der Waals surface area contributed by atoms with Crippen molar-refractivity contribution in [2.45, 2.75) is 19.0 Å². The Balaban J connectivity index is 2.15. The van der Waals surface area contributed by atoms with Gasteiger partial charge in [-0.3, -0.25) is 10.1 Å². The molecule has 1 amide bonds. The highest BCUT2D eigenvalue weighted by Gasteiger charge is 2.23. The quantitative estimate of drug-likeness (QED) is 0.554. The Morgan fingerprint density at radius 1 is 1.37 bits per heavy atom. The molecule has 0 saturated carbocycles. The molecule has 1 aromatic carbocycles. The molecule has 0 saturated heterocycles. The molecule has 0 radical (unpaired) electrons. The van der Waals surface area contributed by atoms with E-state index in [4.69, 9.17) is 4.74 Å². The molecule has 8 nitrogen and oxygen atoms in total. The van der Waals surface area contributed by atoms with Crippen LogP contribution in [0.4, 0.5) is 5.13 Å². The number of nitrogens with zero attached hydrogens (tertiary/aromatic N) is 3. The highest BCUT2D eigenvalue weighted by molar-refractivity contribution is 7.91. The second kappa shape index (κ2) is 8.75. The Bertz CT molecular complexity index is 987. The van der Waals surface area contributed by atoms with Crippen LogP contribution >= 0.6 is 11.5 Å². The number of hydrogen-bond acceptors (Lipinski definition) is 8. The maximum Gasteiger partial charge on any atom is 0.268 e.